The summed E-state index contributed by atoms with van der Waals surface area (Å²) in [7, 11) is 3.21. The molecule has 10 heteroatoms. The Bertz CT molecular complexity index is 1110. The number of nitrogens with zero attached hydrogens (tertiary/aromatic N) is 2. The number of furan rings is 1. The number of methoxy groups -OCH3 is 2. The molecule has 0 saturated carbocycles. The zero-order valence-electron chi connectivity index (χ0n) is 18.6. The van der Waals surface area contributed by atoms with Gasteiger partial charge in [-0.25, -0.2) is 4.98 Å². The molecular formula is C23H26N4O5S. The van der Waals surface area contributed by atoms with Crippen molar-refractivity contribution in [1.82, 2.24) is 15.2 Å². The standard InChI is InChI=1S/C23H26N4O5S/c1-30-17-6-5-15(12-19(17)31-2)7-9-24-21(28)14-27-10-8-16-20(13-27)33-23(25-16)26-22(29)18-4-3-11-32-18/h3-6,11-12H,7-10,13-14H2,1-2H3,(H,24,28)(H,25,26,29). The van der Waals surface area contributed by atoms with Crippen molar-refractivity contribution in [3.8, 4) is 11.5 Å². The quantitative estimate of drug-likeness (QED) is 0.495. The molecule has 0 fully saturated rings. The lowest BCUT2D eigenvalue weighted by atomic mass is 10.1. The van der Waals surface area contributed by atoms with Crippen LogP contribution in [0.2, 0.25) is 0 Å². The Hall–Kier alpha value is -3.37. The molecule has 0 atom stereocenters. The van der Waals surface area contributed by atoms with Gasteiger partial charge in [0.25, 0.3) is 5.91 Å². The van der Waals surface area contributed by atoms with Gasteiger partial charge in [0, 0.05) is 30.9 Å². The lowest BCUT2D eigenvalue weighted by Crippen LogP contribution is -2.40. The summed E-state index contributed by atoms with van der Waals surface area (Å²) in [6.45, 7) is 2.23. The molecule has 0 bridgehead atoms. The number of carbonyl (C=O) groups excluding carboxylic acids is 2. The van der Waals surface area contributed by atoms with Gasteiger partial charge >= 0.3 is 0 Å². The highest BCUT2D eigenvalue weighted by molar-refractivity contribution is 7.15. The Balaban J connectivity index is 1.24. The number of anilines is 1. The molecule has 1 aromatic carbocycles. The summed E-state index contributed by atoms with van der Waals surface area (Å²) in [4.78, 5) is 32.3. The number of fused-ring (bicyclic) bond motifs is 1. The maximum Gasteiger partial charge on any atom is 0.293 e. The zero-order valence-corrected chi connectivity index (χ0v) is 19.4. The van der Waals surface area contributed by atoms with Crippen LogP contribution in [0.25, 0.3) is 0 Å². The Morgan fingerprint density at radius 2 is 2.06 bits per heavy atom. The van der Waals surface area contributed by atoms with Gasteiger partial charge in [0.2, 0.25) is 5.91 Å². The average molecular weight is 471 g/mol. The van der Waals surface area contributed by atoms with E-state index in [1.807, 2.05) is 18.2 Å². The summed E-state index contributed by atoms with van der Waals surface area (Å²) in [6.07, 6.45) is 2.89. The smallest absolute Gasteiger partial charge is 0.293 e. The predicted molar refractivity (Wildman–Crippen MR) is 124 cm³/mol. The molecular weight excluding hydrogens is 444 g/mol. The molecule has 3 aromatic rings. The van der Waals surface area contributed by atoms with Crippen molar-refractivity contribution < 1.29 is 23.5 Å². The third-order valence-corrected chi connectivity index (χ3v) is 6.32. The van der Waals surface area contributed by atoms with E-state index in [2.05, 4.69) is 20.5 Å². The summed E-state index contributed by atoms with van der Waals surface area (Å²) < 4.78 is 15.7. The minimum Gasteiger partial charge on any atom is -0.493 e. The van der Waals surface area contributed by atoms with Crippen LogP contribution in [0, 0.1) is 0 Å². The number of benzene rings is 1. The highest BCUT2D eigenvalue weighted by atomic mass is 32.1. The molecule has 0 unspecified atom stereocenters. The molecule has 0 spiro atoms. The van der Waals surface area contributed by atoms with Gasteiger partial charge in [-0.3, -0.25) is 19.8 Å². The summed E-state index contributed by atoms with van der Waals surface area (Å²) >= 11 is 1.43. The molecule has 4 rings (SSSR count). The molecule has 2 N–H and O–H groups in total. The molecule has 2 amide bonds. The molecule has 174 valence electrons. The van der Waals surface area contributed by atoms with Gasteiger partial charge in [0.05, 0.1) is 32.7 Å². The number of hydrogen-bond donors (Lipinski definition) is 2. The molecule has 0 aliphatic carbocycles. The highest BCUT2D eigenvalue weighted by Crippen LogP contribution is 2.29. The molecule has 3 heterocycles. The van der Waals surface area contributed by atoms with E-state index in [4.69, 9.17) is 13.9 Å². The van der Waals surface area contributed by atoms with E-state index in [0.717, 1.165) is 29.1 Å². The number of carbonyl (C=O) groups is 2. The zero-order chi connectivity index (χ0) is 23.2. The van der Waals surface area contributed by atoms with Gasteiger partial charge in [-0.05, 0) is 36.2 Å². The second-order valence-corrected chi connectivity index (χ2v) is 8.65. The fraction of sp³-hybridized carbons (Fsp3) is 0.348. The van der Waals surface area contributed by atoms with Gasteiger partial charge < -0.3 is 19.2 Å². The third-order valence-electron chi connectivity index (χ3n) is 5.33. The van der Waals surface area contributed by atoms with Gasteiger partial charge in [0.1, 0.15) is 0 Å². The number of thiazole rings is 1. The first-order chi connectivity index (χ1) is 16.1. The first-order valence-electron chi connectivity index (χ1n) is 10.6. The maximum atomic E-state index is 12.4. The van der Waals surface area contributed by atoms with Crippen LogP contribution in [0.3, 0.4) is 0 Å². The molecule has 0 radical (unpaired) electrons. The Labute approximate surface area is 195 Å². The molecule has 0 saturated heterocycles. The summed E-state index contributed by atoms with van der Waals surface area (Å²) in [5.41, 5.74) is 2.03. The van der Waals surface area contributed by atoms with E-state index < -0.39 is 0 Å². The fourth-order valence-corrected chi connectivity index (χ4v) is 4.69. The normalized spacial score (nSPS) is 13.3. The number of hydrogen-bond acceptors (Lipinski definition) is 8. The van der Waals surface area contributed by atoms with Crippen molar-refractivity contribution in [2.24, 2.45) is 0 Å². The number of ether oxygens (including phenoxy) is 2. The first kappa shape index (κ1) is 22.8. The summed E-state index contributed by atoms with van der Waals surface area (Å²) in [6, 6.07) is 9.02. The molecule has 33 heavy (non-hydrogen) atoms. The van der Waals surface area contributed by atoms with Gasteiger partial charge in [0.15, 0.2) is 22.4 Å². The third kappa shape index (κ3) is 5.71. The number of rotatable bonds is 9. The number of nitrogens with one attached hydrogen (secondary N) is 2. The highest BCUT2D eigenvalue weighted by Gasteiger charge is 2.23. The Morgan fingerprint density at radius 3 is 2.82 bits per heavy atom. The molecule has 2 aromatic heterocycles. The van der Waals surface area contributed by atoms with Crippen LogP contribution in [0.1, 0.15) is 26.7 Å². The van der Waals surface area contributed by atoms with E-state index in [0.29, 0.717) is 42.7 Å². The van der Waals surface area contributed by atoms with Crippen molar-refractivity contribution >= 4 is 28.3 Å². The van der Waals surface area contributed by atoms with E-state index in [1.165, 1.54) is 17.6 Å². The number of amides is 2. The SMILES string of the molecule is COc1ccc(CCNC(=O)CN2CCc3nc(NC(=O)c4ccco4)sc3C2)cc1OC. The topological polar surface area (TPSA) is 106 Å². The number of aromatic nitrogens is 1. The molecule has 1 aliphatic rings. The lowest BCUT2D eigenvalue weighted by molar-refractivity contribution is -0.122. The van der Waals surface area contributed by atoms with Crippen LogP contribution in [-0.2, 0) is 24.2 Å². The summed E-state index contributed by atoms with van der Waals surface area (Å²) in [5, 5.41) is 6.30. The monoisotopic (exact) mass is 470 g/mol. The predicted octanol–water partition coefficient (Wildman–Crippen LogP) is 2.72. The minimum atomic E-state index is -0.322. The second-order valence-electron chi connectivity index (χ2n) is 7.57. The van der Waals surface area contributed by atoms with E-state index in [9.17, 15) is 9.59 Å². The van der Waals surface area contributed by atoms with E-state index >= 15 is 0 Å². The Morgan fingerprint density at radius 1 is 1.21 bits per heavy atom. The maximum absolute atomic E-state index is 12.4. The minimum absolute atomic E-state index is 0.0187. The fourth-order valence-electron chi connectivity index (χ4n) is 3.64. The van der Waals surface area contributed by atoms with Crippen LogP contribution in [0.15, 0.2) is 41.0 Å². The average Bonchev–Trinajstić information content (AvgIpc) is 3.48. The van der Waals surface area contributed by atoms with Crippen LogP contribution in [0.4, 0.5) is 5.13 Å². The second kappa shape index (κ2) is 10.5. The van der Waals surface area contributed by atoms with Crippen molar-refractivity contribution in [2.75, 3.05) is 39.2 Å². The van der Waals surface area contributed by atoms with Crippen LogP contribution in [0.5, 0.6) is 11.5 Å². The first-order valence-corrected chi connectivity index (χ1v) is 11.4. The van der Waals surface area contributed by atoms with Crippen molar-refractivity contribution in [1.29, 1.82) is 0 Å². The van der Waals surface area contributed by atoms with E-state index in [1.54, 1.807) is 26.4 Å². The van der Waals surface area contributed by atoms with E-state index in [-0.39, 0.29) is 17.6 Å². The van der Waals surface area contributed by atoms with Gasteiger partial charge in [-0.1, -0.05) is 6.07 Å². The lowest BCUT2D eigenvalue weighted by Gasteiger charge is -2.25. The largest absolute Gasteiger partial charge is 0.493 e. The Kier molecular flexibility index (Phi) is 7.26. The summed E-state index contributed by atoms with van der Waals surface area (Å²) in [5.74, 6) is 1.26. The van der Waals surface area contributed by atoms with Crippen LogP contribution >= 0.6 is 11.3 Å². The van der Waals surface area contributed by atoms with Gasteiger partial charge in [-0.2, -0.15) is 0 Å². The van der Waals surface area contributed by atoms with Crippen LogP contribution in [-0.4, -0.2) is 55.6 Å². The molecule has 9 nitrogen and oxygen atoms in total. The molecule has 1 aliphatic heterocycles. The van der Waals surface area contributed by atoms with Gasteiger partial charge in [-0.15, -0.1) is 11.3 Å². The van der Waals surface area contributed by atoms with Crippen molar-refractivity contribution in [3.05, 3.63) is 58.5 Å². The van der Waals surface area contributed by atoms with Crippen molar-refractivity contribution in [3.63, 3.8) is 0 Å². The van der Waals surface area contributed by atoms with Crippen molar-refractivity contribution in [2.45, 2.75) is 19.4 Å². The van der Waals surface area contributed by atoms with Crippen LogP contribution < -0.4 is 20.1 Å².